The number of piperidine rings is 1. The second-order valence-electron chi connectivity index (χ2n) is 10.6. The van der Waals surface area contributed by atoms with Crippen LogP contribution in [0.4, 0.5) is 0 Å². The molecular formula is C26H37N3O3. The van der Waals surface area contributed by atoms with E-state index in [-0.39, 0.29) is 16.7 Å². The fourth-order valence-electron chi connectivity index (χ4n) is 7.17. The fourth-order valence-corrected chi connectivity index (χ4v) is 7.17. The number of ether oxygens (including phenoxy) is 1. The predicted molar refractivity (Wildman–Crippen MR) is 123 cm³/mol. The molecular weight excluding hydrogens is 402 g/mol. The summed E-state index contributed by atoms with van der Waals surface area (Å²) in [5, 5.41) is 0. The number of fused-ring (bicyclic) bond motifs is 2. The number of hydrogen-bond acceptors (Lipinski definition) is 4. The molecule has 4 fully saturated rings. The molecule has 0 radical (unpaired) electrons. The molecule has 3 aliphatic heterocycles. The molecule has 6 heteroatoms. The highest BCUT2D eigenvalue weighted by molar-refractivity contribution is 5.86. The topological polar surface area (TPSA) is 53.1 Å². The van der Waals surface area contributed by atoms with Crippen LogP contribution in [-0.2, 0) is 16.1 Å². The molecule has 1 spiro atoms. The summed E-state index contributed by atoms with van der Waals surface area (Å²) in [5.41, 5.74) is 1.14. The summed E-state index contributed by atoms with van der Waals surface area (Å²) in [6.45, 7) is 7.92. The third kappa shape index (κ3) is 3.60. The lowest BCUT2D eigenvalue weighted by Crippen LogP contribution is -2.49. The maximum atomic E-state index is 13.8. The van der Waals surface area contributed by atoms with E-state index in [9.17, 15) is 9.59 Å². The Morgan fingerprint density at radius 2 is 1.78 bits per heavy atom. The van der Waals surface area contributed by atoms with Crippen LogP contribution in [0.3, 0.4) is 0 Å². The summed E-state index contributed by atoms with van der Waals surface area (Å²) in [5.74, 6) is 1.69. The molecule has 0 N–H and O–H groups in total. The summed E-state index contributed by atoms with van der Waals surface area (Å²) in [7, 11) is 1.71. The van der Waals surface area contributed by atoms with Gasteiger partial charge in [0, 0.05) is 39.6 Å². The van der Waals surface area contributed by atoms with Crippen molar-refractivity contribution in [1.82, 2.24) is 14.7 Å². The Kier molecular flexibility index (Phi) is 5.68. The minimum Gasteiger partial charge on any atom is -0.497 e. The van der Waals surface area contributed by atoms with E-state index >= 15 is 0 Å². The number of carbonyl (C=O) groups is 2. The van der Waals surface area contributed by atoms with Crippen LogP contribution in [0.5, 0.6) is 5.75 Å². The van der Waals surface area contributed by atoms with Gasteiger partial charge >= 0.3 is 0 Å². The zero-order valence-electron chi connectivity index (χ0n) is 19.6. The average Bonchev–Trinajstić information content (AvgIpc) is 3.53. The maximum absolute atomic E-state index is 13.8. The number of methoxy groups -OCH3 is 1. The minimum absolute atomic E-state index is 0.124. The van der Waals surface area contributed by atoms with Gasteiger partial charge in [-0.15, -0.1) is 0 Å². The van der Waals surface area contributed by atoms with Crippen molar-refractivity contribution in [3.8, 4) is 5.75 Å². The normalized spacial score (nSPS) is 29.5. The van der Waals surface area contributed by atoms with Gasteiger partial charge in [-0.25, -0.2) is 0 Å². The Labute approximate surface area is 191 Å². The van der Waals surface area contributed by atoms with Gasteiger partial charge in [-0.05, 0) is 80.6 Å². The van der Waals surface area contributed by atoms with Crippen LogP contribution < -0.4 is 4.74 Å². The van der Waals surface area contributed by atoms with E-state index in [0.29, 0.717) is 18.4 Å². The number of likely N-dealkylation sites (tertiary alicyclic amines) is 3. The van der Waals surface area contributed by atoms with Crippen molar-refractivity contribution in [2.45, 2.75) is 52.0 Å². The Hall–Kier alpha value is -2.08. The van der Waals surface area contributed by atoms with Gasteiger partial charge in [0.2, 0.25) is 11.8 Å². The third-order valence-electron chi connectivity index (χ3n) is 9.01. The molecule has 0 aromatic heterocycles. The maximum Gasteiger partial charge on any atom is 0.230 e. The number of amides is 2. The monoisotopic (exact) mass is 439 g/mol. The summed E-state index contributed by atoms with van der Waals surface area (Å²) in [6.07, 6.45) is 6.58. The molecule has 174 valence electrons. The molecule has 1 saturated carbocycles. The highest BCUT2D eigenvalue weighted by Gasteiger charge is 2.65. The molecule has 5 rings (SSSR count). The van der Waals surface area contributed by atoms with E-state index in [1.165, 1.54) is 5.56 Å². The van der Waals surface area contributed by atoms with E-state index in [1.54, 1.807) is 14.0 Å². The van der Waals surface area contributed by atoms with Crippen LogP contribution in [0.15, 0.2) is 24.3 Å². The van der Waals surface area contributed by atoms with Gasteiger partial charge in [0.25, 0.3) is 0 Å². The van der Waals surface area contributed by atoms with Crippen molar-refractivity contribution in [2.24, 2.45) is 16.7 Å². The van der Waals surface area contributed by atoms with E-state index in [0.717, 1.165) is 83.5 Å². The van der Waals surface area contributed by atoms with Crippen LogP contribution in [-0.4, -0.2) is 72.9 Å². The Morgan fingerprint density at radius 1 is 1.03 bits per heavy atom. The first kappa shape index (κ1) is 21.7. The van der Waals surface area contributed by atoms with E-state index < -0.39 is 0 Å². The molecule has 4 aliphatic rings. The number of rotatable bonds is 4. The van der Waals surface area contributed by atoms with Crippen LogP contribution in [0.2, 0.25) is 0 Å². The number of carbonyl (C=O) groups excluding carboxylic acids is 2. The lowest BCUT2D eigenvalue weighted by Gasteiger charge is -2.44. The van der Waals surface area contributed by atoms with Gasteiger partial charge in [-0.1, -0.05) is 12.1 Å². The molecule has 3 saturated heterocycles. The van der Waals surface area contributed by atoms with E-state index in [1.807, 2.05) is 11.0 Å². The predicted octanol–water partition coefficient (Wildman–Crippen LogP) is 3.16. The highest BCUT2D eigenvalue weighted by Crippen LogP contribution is 2.62. The van der Waals surface area contributed by atoms with Gasteiger partial charge in [0.1, 0.15) is 5.75 Å². The van der Waals surface area contributed by atoms with Crippen LogP contribution >= 0.6 is 0 Å². The SMILES string of the molecule is COc1cccc(CN2CCC3(CC2)CC[C@@]2(C(=O)N4CCCC4)CN(C(C)=O)C[C@@H]32)c1. The molecule has 1 aliphatic carbocycles. The summed E-state index contributed by atoms with van der Waals surface area (Å²) < 4.78 is 5.39. The lowest BCUT2D eigenvalue weighted by molar-refractivity contribution is -0.143. The average molecular weight is 440 g/mol. The van der Waals surface area contributed by atoms with Gasteiger partial charge in [-0.3, -0.25) is 14.5 Å². The van der Waals surface area contributed by atoms with Crippen LogP contribution in [0.1, 0.15) is 51.0 Å². The molecule has 2 atom stereocenters. The quantitative estimate of drug-likeness (QED) is 0.723. The van der Waals surface area contributed by atoms with Crippen LogP contribution in [0, 0.1) is 16.7 Å². The number of hydrogen-bond donors (Lipinski definition) is 0. The molecule has 1 aromatic rings. The van der Waals surface area contributed by atoms with Crippen molar-refractivity contribution >= 4 is 11.8 Å². The van der Waals surface area contributed by atoms with Gasteiger partial charge < -0.3 is 14.5 Å². The molecule has 0 bridgehead atoms. The van der Waals surface area contributed by atoms with Crippen molar-refractivity contribution < 1.29 is 14.3 Å². The number of benzene rings is 1. The Balaban J connectivity index is 1.32. The summed E-state index contributed by atoms with van der Waals surface area (Å²) in [4.78, 5) is 32.7. The van der Waals surface area contributed by atoms with Crippen molar-refractivity contribution in [1.29, 1.82) is 0 Å². The fraction of sp³-hybridized carbons (Fsp3) is 0.692. The van der Waals surface area contributed by atoms with Crippen molar-refractivity contribution in [3.63, 3.8) is 0 Å². The molecule has 0 unspecified atom stereocenters. The molecule has 1 aromatic carbocycles. The zero-order valence-corrected chi connectivity index (χ0v) is 19.6. The van der Waals surface area contributed by atoms with Gasteiger partial charge in [-0.2, -0.15) is 0 Å². The molecule has 32 heavy (non-hydrogen) atoms. The largest absolute Gasteiger partial charge is 0.497 e. The van der Waals surface area contributed by atoms with Crippen molar-refractivity contribution in [2.75, 3.05) is 46.4 Å². The van der Waals surface area contributed by atoms with E-state index in [2.05, 4.69) is 28.0 Å². The Bertz CT molecular complexity index is 873. The second-order valence-corrected chi connectivity index (χ2v) is 10.6. The minimum atomic E-state index is -0.342. The van der Waals surface area contributed by atoms with Crippen LogP contribution in [0.25, 0.3) is 0 Å². The Morgan fingerprint density at radius 3 is 2.47 bits per heavy atom. The standard InChI is InChI=1S/C26H37N3O3/c1-20(30)29-18-23-25(8-9-26(23,19-29)24(31)28-12-3-4-13-28)10-14-27(15-11-25)17-21-6-5-7-22(16-21)32-2/h5-7,16,23H,3-4,8-15,17-19H2,1-2H3/t23-,26+/m0/s1. The first-order valence-corrected chi connectivity index (χ1v) is 12.4. The second kappa shape index (κ2) is 8.36. The van der Waals surface area contributed by atoms with Gasteiger partial charge in [0.05, 0.1) is 12.5 Å². The molecule has 6 nitrogen and oxygen atoms in total. The first-order chi connectivity index (χ1) is 15.5. The number of nitrogens with zero attached hydrogens (tertiary/aromatic N) is 3. The lowest BCUT2D eigenvalue weighted by atomic mass is 9.65. The smallest absolute Gasteiger partial charge is 0.230 e. The molecule has 2 amide bonds. The first-order valence-electron chi connectivity index (χ1n) is 12.4. The molecule has 3 heterocycles. The summed E-state index contributed by atoms with van der Waals surface area (Å²) >= 11 is 0. The summed E-state index contributed by atoms with van der Waals surface area (Å²) in [6, 6.07) is 8.35. The highest BCUT2D eigenvalue weighted by atomic mass is 16.5. The zero-order chi connectivity index (χ0) is 22.3. The third-order valence-corrected chi connectivity index (χ3v) is 9.01. The van der Waals surface area contributed by atoms with Crippen molar-refractivity contribution in [3.05, 3.63) is 29.8 Å². The van der Waals surface area contributed by atoms with Gasteiger partial charge in [0.15, 0.2) is 0 Å². The van der Waals surface area contributed by atoms with E-state index in [4.69, 9.17) is 4.74 Å².